The van der Waals surface area contributed by atoms with Crippen molar-refractivity contribution in [1.82, 2.24) is 10.2 Å². The van der Waals surface area contributed by atoms with Crippen molar-refractivity contribution in [2.24, 2.45) is 0 Å². The highest BCUT2D eigenvalue weighted by Crippen LogP contribution is 2.35. The van der Waals surface area contributed by atoms with Crippen molar-refractivity contribution >= 4 is 11.8 Å². The highest BCUT2D eigenvalue weighted by Gasteiger charge is 2.51. The Hall–Kier alpha value is -1.36. The molecule has 0 unspecified atom stereocenters. The van der Waals surface area contributed by atoms with Gasteiger partial charge < -0.3 is 15.3 Å². The maximum atomic E-state index is 12.0. The van der Waals surface area contributed by atoms with Crippen molar-refractivity contribution in [3.63, 3.8) is 0 Å². The smallest absolute Gasteiger partial charge is 0.246 e. The second kappa shape index (κ2) is 4.49. The van der Waals surface area contributed by atoms with E-state index in [4.69, 9.17) is 5.11 Å². The summed E-state index contributed by atoms with van der Waals surface area (Å²) in [5, 5.41) is 11.6. The quantitative estimate of drug-likeness (QED) is 0.669. The van der Waals surface area contributed by atoms with Gasteiger partial charge in [-0.05, 0) is 26.2 Å². The molecule has 2 fully saturated rings. The second-order valence-electron chi connectivity index (χ2n) is 4.78. The Kier molecular flexibility index (Phi) is 3.19. The second-order valence-corrected chi connectivity index (χ2v) is 4.78. The Bertz CT molecular complexity index is 378. The number of hydrogen-bond donors (Lipinski definition) is 2. The van der Waals surface area contributed by atoms with E-state index in [0.717, 1.165) is 12.0 Å². The fourth-order valence-electron chi connectivity index (χ4n) is 2.61. The molecular formula is C12H18N2O3. The molecule has 17 heavy (non-hydrogen) atoms. The van der Waals surface area contributed by atoms with Gasteiger partial charge in [-0.3, -0.25) is 9.59 Å². The van der Waals surface area contributed by atoms with Crippen molar-refractivity contribution in [2.45, 2.75) is 31.7 Å². The summed E-state index contributed by atoms with van der Waals surface area (Å²) < 4.78 is 0. The summed E-state index contributed by atoms with van der Waals surface area (Å²) in [5.74, 6) is -0.0614. The molecule has 5 heteroatoms. The zero-order valence-electron chi connectivity index (χ0n) is 10.0. The molecule has 2 amide bonds. The normalized spacial score (nSPS) is 29.3. The average Bonchev–Trinajstić information content (AvgIpc) is 2.77. The first-order chi connectivity index (χ1) is 8.10. The molecule has 5 nitrogen and oxygen atoms in total. The molecule has 1 atom stereocenters. The van der Waals surface area contributed by atoms with E-state index < -0.39 is 5.54 Å². The van der Waals surface area contributed by atoms with Gasteiger partial charge in [0.15, 0.2) is 0 Å². The van der Waals surface area contributed by atoms with Crippen LogP contribution in [0.2, 0.25) is 0 Å². The van der Waals surface area contributed by atoms with Crippen LogP contribution < -0.4 is 5.32 Å². The van der Waals surface area contributed by atoms with Gasteiger partial charge in [0, 0.05) is 6.54 Å². The summed E-state index contributed by atoms with van der Waals surface area (Å²) in [5.41, 5.74) is 0.128. The monoisotopic (exact) mass is 238 g/mol. The fourth-order valence-corrected chi connectivity index (χ4v) is 2.61. The number of carbonyl (C=O) groups is 2. The van der Waals surface area contributed by atoms with Crippen LogP contribution in [0.4, 0.5) is 0 Å². The topological polar surface area (TPSA) is 69.6 Å². The minimum atomic E-state index is -0.703. The zero-order chi connectivity index (χ0) is 12.5. The van der Waals surface area contributed by atoms with E-state index in [2.05, 4.69) is 5.32 Å². The third-order valence-corrected chi connectivity index (χ3v) is 3.65. The van der Waals surface area contributed by atoms with Crippen molar-refractivity contribution in [2.75, 3.05) is 19.7 Å². The fraction of sp³-hybridized carbons (Fsp3) is 0.667. The predicted molar refractivity (Wildman–Crippen MR) is 62.1 cm³/mol. The van der Waals surface area contributed by atoms with E-state index in [9.17, 15) is 9.59 Å². The molecule has 2 aliphatic heterocycles. The molecule has 0 aliphatic carbocycles. The molecule has 0 saturated carbocycles. The largest absolute Gasteiger partial charge is 0.392 e. The predicted octanol–water partition coefficient (Wildman–Crippen LogP) is -0.194. The van der Waals surface area contributed by atoms with E-state index in [-0.39, 0.29) is 25.0 Å². The lowest BCUT2D eigenvalue weighted by molar-refractivity contribution is -0.150. The number of hydrogen-bond acceptors (Lipinski definition) is 3. The number of carbonyl (C=O) groups excluding carboxylic acids is 2. The van der Waals surface area contributed by atoms with Crippen LogP contribution in [-0.2, 0) is 9.59 Å². The highest BCUT2D eigenvalue weighted by molar-refractivity contribution is 5.98. The third kappa shape index (κ3) is 1.95. The van der Waals surface area contributed by atoms with Gasteiger partial charge in [0.1, 0.15) is 5.54 Å². The van der Waals surface area contributed by atoms with E-state index in [0.29, 0.717) is 19.4 Å². The Labute approximate surface area is 100 Å². The van der Waals surface area contributed by atoms with Gasteiger partial charge in [-0.2, -0.15) is 0 Å². The number of amides is 2. The number of aliphatic hydroxyl groups excluding tert-OH is 1. The molecule has 2 N–H and O–H groups in total. The lowest BCUT2D eigenvalue weighted by atomic mass is 9.88. The molecule has 2 rings (SSSR count). The van der Waals surface area contributed by atoms with Gasteiger partial charge in [0.2, 0.25) is 11.8 Å². The molecule has 94 valence electrons. The van der Waals surface area contributed by atoms with Crippen molar-refractivity contribution < 1.29 is 14.7 Å². The number of nitrogens with zero attached hydrogens (tertiary/aromatic N) is 1. The number of fused-ring (bicyclic) bond motifs is 1. The number of aliphatic hydroxyl groups is 1. The van der Waals surface area contributed by atoms with Gasteiger partial charge in [-0.1, -0.05) is 11.6 Å². The maximum absolute atomic E-state index is 12.0. The Morgan fingerprint density at radius 1 is 1.59 bits per heavy atom. The van der Waals surface area contributed by atoms with Crippen LogP contribution >= 0.6 is 0 Å². The molecular weight excluding hydrogens is 220 g/mol. The van der Waals surface area contributed by atoms with Gasteiger partial charge >= 0.3 is 0 Å². The summed E-state index contributed by atoms with van der Waals surface area (Å²) in [7, 11) is 0. The van der Waals surface area contributed by atoms with E-state index in [1.807, 2.05) is 13.0 Å². The van der Waals surface area contributed by atoms with Crippen LogP contribution in [-0.4, -0.2) is 47.1 Å². The van der Waals surface area contributed by atoms with Gasteiger partial charge in [0.05, 0.1) is 13.2 Å². The van der Waals surface area contributed by atoms with Gasteiger partial charge in [0.25, 0.3) is 0 Å². The number of piperazine rings is 1. The molecule has 0 aromatic carbocycles. The lowest BCUT2D eigenvalue weighted by Crippen LogP contribution is -2.64. The molecule has 2 heterocycles. The van der Waals surface area contributed by atoms with E-state index >= 15 is 0 Å². The molecule has 0 bridgehead atoms. The Balaban J connectivity index is 2.24. The minimum Gasteiger partial charge on any atom is -0.392 e. The molecule has 2 saturated heterocycles. The summed E-state index contributed by atoms with van der Waals surface area (Å²) in [6, 6.07) is 0. The lowest BCUT2D eigenvalue weighted by Gasteiger charge is -2.40. The van der Waals surface area contributed by atoms with Crippen LogP contribution in [0.5, 0.6) is 0 Å². The average molecular weight is 238 g/mol. The third-order valence-electron chi connectivity index (χ3n) is 3.65. The maximum Gasteiger partial charge on any atom is 0.246 e. The first-order valence-corrected chi connectivity index (χ1v) is 5.95. The van der Waals surface area contributed by atoms with Crippen molar-refractivity contribution in [1.29, 1.82) is 0 Å². The van der Waals surface area contributed by atoms with Crippen molar-refractivity contribution in [3.8, 4) is 0 Å². The summed E-state index contributed by atoms with van der Waals surface area (Å²) in [6.45, 7) is 2.59. The van der Waals surface area contributed by atoms with Crippen LogP contribution in [0.25, 0.3) is 0 Å². The molecule has 0 aromatic rings. The number of rotatable bonds is 3. The first-order valence-electron chi connectivity index (χ1n) is 5.95. The van der Waals surface area contributed by atoms with Crippen LogP contribution in [0.3, 0.4) is 0 Å². The minimum absolute atomic E-state index is 0.00264. The zero-order valence-corrected chi connectivity index (χ0v) is 10.0. The Morgan fingerprint density at radius 3 is 3.06 bits per heavy atom. The molecule has 0 spiro atoms. The summed E-state index contributed by atoms with van der Waals surface area (Å²) >= 11 is 0. The molecule has 2 aliphatic rings. The van der Waals surface area contributed by atoms with Gasteiger partial charge in [-0.15, -0.1) is 0 Å². The molecule has 0 radical (unpaired) electrons. The highest BCUT2D eigenvalue weighted by atomic mass is 16.3. The summed E-state index contributed by atoms with van der Waals surface area (Å²) in [4.78, 5) is 25.5. The van der Waals surface area contributed by atoms with Crippen LogP contribution in [0.1, 0.15) is 26.2 Å². The first kappa shape index (κ1) is 12.1. The molecule has 0 aromatic heterocycles. The SMILES string of the molecule is C/C(=C\C[C@@]12CCCN1C(=O)CNC2=O)CO. The van der Waals surface area contributed by atoms with Crippen LogP contribution in [0.15, 0.2) is 11.6 Å². The van der Waals surface area contributed by atoms with Gasteiger partial charge in [-0.25, -0.2) is 0 Å². The standard InChI is InChI=1S/C12H18N2O3/c1-9(8-15)3-5-12-4-2-6-14(12)10(16)7-13-11(12)17/h3,15H,2,4-8H2,1H3,(H,13,17)/b9-3+/t12-/m1/s1. The summed E-state index contributed by atoms with van der Waals surface area (Å²) in [6.07, 6.45) is 3.93. The Morgan fingerprint density at radius 2 is 2.35 bits per heavy atom. The van der Waals surface area contributed by atoms with Crippen LogP contribution in [0, 0.1) is 0 Å². The van der Waals surface area contributed by atoms with E-state index in [1.165, 1.54) is 0 Å². The van der Waals surface area contributed by atoms with E-state index in [1.54, 1.807) is 4.90 Å². The van der Waals surface area contributed by atoms with Crippen molar-refractivity contribution in [3.05, 3.63) is 11.6 Å². The number of nitrogens with one attached hydrogen (secondary N) is 1.